The van der Waals surface area contributed by atoms with Crippen molar-refractivity contribution in [2.24, 2.45) is 0 Å². The number of ether oxygens (including phenoxy) is 2. The molecule has 1 aliphatic heterocycles. The zero-order chi connectivity index (χ0) is 31.2. The lowest BCUT2D eigenvalue weighted by molar-refractivity contribution is -0.106. The van der Waals surface area contributed by atoms with E-state index in [9.17, 15) is 14.7 Å². The van der Waals surface area contributed by atoms with Crippen molar-refractivity contribution in [3.05, 3.63) is 106 Å². The zero-order valence-corrected chi connectivity index (χ0v) is 25.5. The summed E-state index contributed by atoms with van der Waals surface area (Å²) in [5, 5.41) is 15.9. The first-order valence-corrected chi connectivity index (χ1v) is 14.5. The fourth-order valence-electron chi connectivity index (χ4n) is 5.19. The number of halogens is 1. The number of β-amino-alcohol motifs (C(OH)–C–C–N with tert-alkyl or cyclic N) is 1. The Labute approximate surface area is 261 Å². The molecule has 0 saturated carbocycles. The van der Waals surface area contributed by atoms with Crippen molar-refractivity contribution >= 4 is 34.8 Å². The summed E-state index contributed by atoms with van der Waals surface area (Å²) in [6, 6.07) is 17.8. The Balaban J connectivity index is 1.29. The number of hydrogen-bond donors (Lipinski definition) is 3. The number of carbonyl (C=O) groups excluding carboxylic acids is 2. The average molecular weight is 616 g/mol. The molecule has 5 rings (SSSR count). The number of likely N-dealkylation sites (tertiary alicyclic amines) is 1. The van der Waals surface area contributed by atoms with Gasteiger partial charge in [0.05, 0.1) is 16.8 Å². The third kappa shape index (κ3) is 7.12. The summed E-state index contributed by atoms with van der Waals surface area (Å²) in [6.07, 6.45) is 3.14. The summed E-state index contributed by atoms with van der Waals surface area (Å²) < 4.78 is 10.5. The molecule has 0 spiro atoms. The smallest absolute Gasteiger partial charge is 0.274 e. The van der Waals surface area contributed by atoms with Crippen LogP contribution in [0.25, 0.3) is 11.1 Å². The van der Waals surface area contributed by atoms with Crippen LogP contribution >= 0.6 is 11.6 Å². The molecule has 3 heterocycles. The van der Waals surface area contributed by atoms with E-state index in [-0.39, 0.29) is 29.3 Å². The predicted octanol–water partition coefficient (Wildman–Crippen LogP) is 5.47. The minimum atomic E-state index is -0.568. The first-order chi connectivity index (χ1) is 21.3. The van der Waals surface area contributed by atoms with Crippen molar-refractivity contribution in [3.63, 3.8) is 0 Å². The minimum absolute atomic E-state index is 0.240. The number of nitrogens with zero attached hydrogens (tertiary/aromatic N) is 3. The highest BCUT2D eigenvalue weighted by atomic mass is 35.5. The normalized spacial score (nSPS) is 15.0. The number of anilines is 2. The molecule has 0 radical (unpaired) electrons. The van der Waals surface area contributed by atoms with E-state index >= 15 is 0 Å². The van der Waals surface area contributed by atoms with Gasteiger partial charge in [0, 0.05) is 63.1 Å². The van der Waals surface area contributed by atoms with Gasteiger partial charge in [-0.2, -0.15) is 0 Å². The van der Waals surface area contributed by atoms with Gasteiger partial charge in [0.15, 0.2) is 6.29 Å². The number of nitrogens with one attached hydrogen (secondary N) is 2. The molecule has 1 saturated heterocycles. The van der Waals surface area contributed by atoms with Gasteiger partial charge in [-0.3, -0.25) is 24.5 Å². The van der Waals surface area contributed by atoms with E-state index in [4.69, 9.17) is 21.1 Å². The van der Waals surface area contributed by atoms with Crippen molar-refractivity contribution < 1.29 is 24.2 Å². The predicted molar refractivity (Wildman–Crippen MR) is 169 cm³/mol. The molecule has 0 aliphatic carbocycles. The Morgan fingerprint density at radius 2 is 1.57 bits per heavy atom. The quantitative estimate of drug-likeness (QED) is 0.201. The highest BCUT2D eigenvalue weighted by Crippen LogP contribution is 2.37. The lowest BCUT2D eigenvalue weighted by Gasteiger charge is -2.16. The molecule has 2 aromatic carbocycles. The Morgan fingerprint density at radius 1 is 0.932 bits per heavy atom. The maximum absolute atomic E-state index is 13.0. The second kappa shape index (κ2) is 14.1. The number of aliphatic hydroxyl groups is 1. The summed E-state index contributed by atoms with van der Waals surface area (Å²) in [5.41, 5.74) is 5.49. The second-order valence-electron chi connectivity index (χ2n) is 10.6. The van der Waals surface area contributed by atoms with E-state index in [1.807, 2.05) is 31.2 Å². The van der Waals surface area contributed by atoms with Crippen molar-refractivity contribution in [2.75, 3.05) is 37.9 Å². The number of methoxy groups -OCH3 is 2. The molecule has 1 aliphatic rings. The maximum Gasteiger partial charge on any atom is 0.274 e. The van der Waals surface area contributed by atoms with Gasteiger partial charge in [-0.05, 0) is 54.3 Å². The van der Waals surface area contributed by atoms with E-state index < -0.39 is 6.29 Å². The van der Waals surface area contributed by atoms with Gasteiger partial charge in [-0.15, -0.1) is 0 Å². The summed E-state index contributed by atoms with van der Waals surface area (Å²) in [6.45, 7) is 4.04. The van der Waals surface area contributed by atoms with Crippen molar-refractivity contribution in [2.45, 2.75) is 32.3 Å². The number of amides is 2. The Kier molecular flexibility index (Phi) is 9.99. The molecule has 1 fully saturated rings. The van der Waals surface area contributed by atoms with Crippen molar-refractivity contribution in [3.8, 4) is 11.1 Å². The Morgan fingerprint density at radius 3 is 2.16 bits per heavy atom. The molecule has 2 aromatic heterocycles. The van der Waals surface area contributed by atoms with Crippen LogP contribution in [0.2, 0.25) is 5.02 Å². The Hall–Kier alpha value is -4.19. The molecular weight excluding hydrogens is 582 g/mol. The number of benzene rings is 2. The summed E-state index contributed by atoms with van der Waals surface area (Å²) in [5.74, 6) is -0.752. The first kappa shape index (κ1) is 31.2. The van der Waals surface area contributed by atoms with E-state index in [1.165, 1.54) is 14.2 Å². The number of aromatic nitrogens is 2. The second-order valence-corrected chi connectivity index (χ2v) is 10.9. The highest BCUT2D eigenvalue weighted by molar-refractivity contribution is 6.36. The zero-order valence-electron chi connectivity index (χ0n) is 24.7. The fraction of sp³-hybridized carbons (Fsp3) is 0.273. The fourth-order valence-corrected chi connectivity index (χ4v) is 5.46. The standard InChI is InChI=1S/C33H34ClN5O5/c1-20-24(6-4-8-26(20)37-31(41)29-13-11-22(17-36-29)33(43-2)44-3)25-7-5-9-27(30(25)34)38-32(42)28-12-10-21(16-35-28)18-39-15-14-23(40)19-39/h4-13,16-17,23,33,40H,14-15,18-19H2,1-3H3,(H,37,41)(H,38,42)/t23-/m1/s1. The van der Waals surface area contributed by atoms with Crippen LogP contribution in [0, 0.1) is 6.92 Å². The molecule has 10 nitrogen and oxygen atoms in total. The monoisotopic (exact) mass is 615 g/mol. The van der Waals surface area contributed by atoms with E-state index in [1.54, 1.807) is 48.8 Å². The van der Waals surface area contributed by atoms with Gasteiger partial charge in [-0.25, -0.2) is 0 Å². The van der Waals surface area contributed by atoms with E-state index in [2.05, 4.69) is 25.5 Å². The average Bonchev–Trinajstić information content (AvgIpc) is 3.44. The minimum Gasteiger partial charge on any atom is -0.392 e. The van der Waals surface area contributed by atoms with Crippen LogP contribution in [0.1, 0.15) is 50.4 Å². The van der Waals surface area contributed by atoms with Crippen LogP contribution in [0.4, 0.5) is 11.4 Å². The Bertz CT molecular complexity index is 1630. The van der Waals surface area contributed by atoms with Crippen LogP contribution < -0.4 is 10.6 Å². The van der Waals surface area contributed by atoms with E-state index in [0.29, 0.717) is 40.6 Å². The summed E-state index contributed by atoms with van der Waals surface area (Å²) in [7, 11) is 3.06. The van der Waals surface area contributed by atoms with Crippen molar-refractivity contribution in [1.29, 1.82) is 0 Å². The lowest BCUT2D eigenvalue weighted by Crippen LogP contribution is -2.21. The van der Waals surface area contributed by atoms with Crippen LogP contribution in [-0.2, 0) is 16.0 Å². The van der Waals surface area contributed by atoms with Gasteiger partial charge >= 0.3 is 0 Å². The molecule has 2 amide bonds. The lowest BCUT2D eigenvalue weighted by atomic mass is 9.98. The van der Waals surface area contributed by atoms with Gasteiger partial charge < -0.3 is 25.2 Å². The number of pyridine rings is 2. The molecule has 11 heteroatoms. The highest BCUT2D eigenvalue weighted by Gasteiger charge is 2.21. The molecule has 1 atom stereocenters. The number of carbonyl (C=O) groups is 2. The maximum atomic E-state index is 13.0. The van der Waals surface area contributed by atoms with Gasteiger partial charge in [0.2, 0.25) is 0 Å². The van der Waals surface area contributed by atoms with Crippen LogP contribution in [0.3, 0.4) is 0 Å². The first-order valence-electron chi connectivity index (χ1n) is 14.2. The topological polar surface area (TPSA) is 126 Å². The molecule has 0 bridgehead atoms. The largest absolute Gasteiger partial charge is 0.392 e. The third-order valence-electron chi connectivity index (χ3n) is 7.55. The summed E-state index contributed by atoms with van der Waals surface area (Å²) >= 11 is 6.82. The van der Waals surface area contributed by atoms with Gasteiger partial charge in [-0.1, -0.05) is 48.0 Å². The van der Waals surface area contributed by atoms with Crippen LogP contribution in [-0.4, -0.2) is 65.2 Å². The molecule has 4 aromatic rings. The molecule has 0 unspecified atom stereocenters. The van der Waals surface area contributed by atoms with Gasteiger partial charge in [0.25, 0.3) is 11.8 Å². The number of hydrogen-bond acceptors (Lipinski definition) is 8. The summed E-state index contributed by atoms with van der Waals surface area (Å²) in [4.78, 5) is 36.8. The van der Waals surface area contributed by atoms with Crippen molar-refractivity contribution in [1.82, 2.24) is 14.9 Å². The van der Waals surface area contributed by atoms with Gasteiger partial charge in [0.1, 0.15) is 11.4 Å². The SMILES string of the molecule is COC(OC)c1ccc(C(=O)Nc2cccc(-c3cccc(NC(=O)c4ccc(CN5CC[C@@H](O)C5)cn4)c3Cl)c2C)nc1. The van der Waals surface area contributed by atoms with Crippen LogP contribution in [0.15, 0.2) is 73.1 Å². The molecule has 44 heavy (non-hydrogen) atoms. The third-order valence-corrected chi connectivity index (χ3v) is 7.96. The molecule has 228 valence electrons. The number of aliphatic hydroxyl groups excluding tert-OH is 1. The number of rotatable bonds is 10. The molecule has 3 N–H and O–H groups in total. The van der Waals surface area contributed by atoms with E-state index in [0.717, 1.165) is 29.7 Å². The van der Waals surface area contributed by atoms with Crippen LogP contribution in [0.5, 0.6) is 0 Å². The molecular formula is C33H34ClN5O5.